The van der Waals surface area contributed by atoms with Crippen LogP contribution in [0, 0.1) is 20.8 Å². The summed E-state index contributed by atoms with van der Waals surface area (Å²) in [4.78, 5) is 0. The highest BCUT2D eigenvalue weighted by molar-refractivity contribution is 7.52. The van der Waals surface area contributed by atoms with Gasteiger partial charge in [0, 0.05) is 5.56 Å². The number of rotatable bonds is 3. The summed E-state index contributed by atoms with van der Waals surface area (Å²) < 4.78 is 12.4. The van der Waals surface area contributed by atoms with Gasteiger partial charge in [-0.1, -0.05) is 40.5 Å². The molecule has 1 atom stereocenters. The van der Waals surface area contributed by atoms with Crippen molar-refractivity contribution >= 4 is 13.1 Å². The van der Waals surface area contributed by atoms with Gasteiger partial charge in [-0.25, -0.2) is 0 Å². The van der Waals surface area contributed by atoms with Gasteiger partial charge in [-0.2, -0.15) is 0 Å². The van der Waals surface area contributed by atoms with Crippen molar-refractivity contribution in [3.63, 3.8) is 0 Å². The highest BCUT2D eigenvalue weighted by Crippen LogP contribution is 2.30. The molecular weight excluding hydrogens is 239 g/mol. The molecule has 0 fully saturated rings. The van der Waals surface area contributed by atoms with E-state index in [2.05, 4.69) is 32.9 Å². The van der Waals surface area contributed by atoms with Gasteiger partial charge in [0.2, 0.25) is 0 Å². The summed E-state index contributed by atoms with van der Waals surface area (Å²) in [6.45, 7) is 6.30. The molecule has 18 heavy (non-hydrogen) atoms. The van der Waals surface area contributed by atoms with E-state index in [1.165, 1.54) is 22.3 Å². The Hall–Kier alpha value is -1.46. The van der Waals surface area contributed by atoms with Gasteiger partial charge in [0.25, 0.3) is 0 Å². The molecule has 0 radical (unpaired) electrons. The lowest BCUT2D eigenvalue weighted by Crippen LogP contribution is -1.99. The lowest BCUT2D eigenvalue weighted by molar-refractivity contribution is 0.592. The van der Waals surface area contributed by atoms with Gasteiger partial charge >= 0.3 is 7.80 Å². The van der Waals surface area contributed by atoms with Crippen LogP contribution in [0.15, 0.2) is 42.5 Å². The van der Waals surface area contributed by atoms with Gasteiger partial charge in [-0.3, -0.25) is 0 Å². The van der Waals surface area contributed by atoms with E-state index in [0.29, 0.717) is 6.16 Å². The Morgan fingerprint density at radius 2 is 1.50 bits per heavy atom. The SMILES string of the molecule is Cc1cc(C)c(C[P+](=O)c2ccccc2)c(C)c1. The fourth-order valence-corrected chi connectivity index (χ4v) is 3.76. The van der Waals surface area contributed by atoms with Crippen LogP contribution in [0.1, 0.15) is 22.3 Å². The lowest BCUT2D eigenvalue weighted by atomic mass is 10.0. The molecule has 0 heterocycles. The molecule has 0 aliphatic carbocycles. The van der Waals surface area contributed by atoms with Crippen LogP contribution in [0.5, 0.6) is 0 Å². The Kier molecular flexibility index (Phi) is 3.93. The highest BCUT2D eigenvalue weighted by atomic mass is 31.1. The van der Waals surface area contributed by atoms with E-state index in [0.717, 1.165) is 5.30 Å². The molecule has 2 aromatic carbocycles. The Morgan fingerprint density at radius 1 is 0.944 bits per heavy atom. The molecule has 0 bridgehead atoms. The maximum Gasteiger partial charge on any atom is 0.381 e. The zero-order valence-electron chi connectivity index (χ0n) is 11.1. The minimum Gasteiger partial charge on any atom is -0.0677 e. The molecule has 2 rings (SSSR count). The molecule has 1 nitrogen and oxygen atoms in total. The molecule has 1 unspecified atom stereocenters. The Morgan fingerprint density at radius 3 is 2.06 bits per heavy atom. The standard InChI is InChI=1S/C16H18OP/c1-12-9-13(2)16(14(3)10-12)11-18(17)15-7-5-4-6-8-15/h4-10H,11H2,1-3H3/q+1. The van der Waals surface area contributed by atoms with E-state index in [1.807, 2.05) is 30.3 Å². The first-order valence-electron chi connectivity index (χ1n) is 6.14. The van der Waals surface area contributed by atoms with Crippen LogP contribution >= 0.6 is 7.80 Å². The van der Waals surface area contributed by atoms with Gasteiger partial charge in [-0.15, -0.1) is 0 Å². The molecule has 0 N–H and O–H groups in total. The number of benzene rings is 2. The van der Waals surface area contributed by atoms with E-state index < -0.39 is 7.80 Å². The first kappa shape index (κ1) is 13.0. The summed E-state index contributed by atoms with van der Waals surface area (Å²) >= 11 is 0. The summed E-state index contributed by atoms with van der Waals surface area (Å²) in [6, 6.07) is 14.0. The van der Waals surface area contributed by atoms with Crippen molar-refractivity contribution in [2.45, 2.75) is 26.9 Å². The maximum absolute atomic E-state index is 12.4. The zero-order chi connectivity index (χ0) is 13.1. The molecule has 0 saturated heterocycles. The van der Waals surface area contributed by atoms with Crippen LogP contribution in [0.2, 0.25) is 0 Å². The Balaban J connectivity index is 2.28. The normalized spacial score (nSPS) is 11.4. The molecular formula is C16H18OP+. The first-order chi connectivity index (χ1) is 8.58. The van der Waals surface area contributed by atoms with Crippen LogP contribution in [0.25, 0.3) is 0 Å². The third kappa shape index (κ3) is 2.86. The van der Waals surface area contributed by atoms with Crippen molar-refractivity contribution in [2.24, 2.45) is 0 Å². The summed E-state index contributed by atoms with van der Waals surface area (Å²) in [5.74, 6) is 0. The van der Waals surface area contributed by atoms with Crippen molar-refractivity contribution in [3.05, 3.63) is 64.7 Å². The van der Waals surface area contributed by atoms with E-state index in [1.54, 1.807) is 0 Å². The van der Waals surface area contributed by atoms with Crippen LogP contribution in [-0.2, 0) is 10.7 Å². The summed E-state index contributed by atoms with van der Waals surface area (Å²) in [5.41, 5.74) is 4.98. The first-order valence-corrected chi connectivity index (χ1v) is 7.59. The molecule has 0 saturated carbocycles. The van der Waals surface area contributed by atoms with E-state index in [4.69, 9.17) is 0 Å². The molecule has 2 heteroatoms. The Labute approximate surface area is 110 Å². The van der Waals surface area contributed by atoms with Gasteiger partial charge in [0.1, 0.15) is 0 Å². The number of hydrogen-bond donors (Lipinski definition) is 0. The quantitative estimate of drug-likeness (QED) is 0.751. The Bertz CT molecular complexity index is 550. The van der Waals surface area contributed by atoms with Gasteiger partial charge in [-0.05, 0) is 44.0 Å². The zero-order valence-corrected chi connectivity index (χ0v) is 12.0. The summed E-state index contributed by atoms with van der Waals surface area (Å²) in [7, 11) is -1.34. The highest BCUT2D eigenvalue weighted by Gasteiger charge is 2.21. The summed E-state index contributed by atoms with van der Waals surface area (Å²) in [5, 5.41) is 0.937. The van der Waals surface area contributed by atoms with E-state index >= 15 is 0 Å². The van der Waals surface area contributed by atoms with Gasteiger partial charge in [0.15, 0.2) is 11.5 Å². The fraction of sp³-hybridized carbons (Fsp3) is 0.250. The number of hydrogen-bond acceptors (Lipinski definition) is 1. The molecule has 0 spiro atoms. The lowest BCUT2D eigenvalue weighted by Gasteiger charge is -2.06. The fourth-order valence-electron chi connectivity index (χ4n) is 2.29. The topological polar surface area (TPSA) is 17.1 Å². The number of aryl methyl sites for hydroxylation is 3. The second kappa shape index (κ2) is 5.46. The third-order valence-corrected chi connectivity index (χ3v) is 4.66. The van der Waals surface area contributed by atoms with Crippen molar-refractivity contribution in [1.29, 1.82) is 0 Å². The molecule has 0 aliphatic rings. The van der Waals surface area contributed by atoms with Crippen molar-refractivity contribution < 1.29 is 4.57 Å². The minimum absolute atomic E-state index is 0.636. The molecule has 92 valence electrons. The van der Waals surface area contributed by atoms with Gasteiger partial charge < -0.3 is 0 Å². The molecule has 0 aromatic heterocycles. The average molecular weight is 257 g/mol. The molecule has 2 aromatic rings. The van der Waals surface area contributed by atoms with Crippen LogP contribution < -0.4 is 5.30 Å². The smallest absolute Gasteiger partial charge is 0.0677 e. The second-order valence-corrected chi connectivity index (χ2v) is 6.34. The monoisotopic (exact) mass is 257 g/mol. The predicted molar refractivity (Wildman–Crippen MR) is 78.0 cm³/mol. The summed E-state index contributed by atoms with van der Waals surface area (Å²) in [6.07, 6.45) is 0.636. The van der Waals surface area contributed by atoms with E-state index in [-0.39, 0.29) is 0 Å². The van der Waals surface area contributed by atoms with Crippen LogP contribution in [0.4, 0.5) is 0 Å². The largest absolute Gasteiger partial charge is 0.381 e. The van der Waals surface area contributed by atoms with Crippen molar-refractivity contribution in [1.82, 2.24) is 0 Å². The second-order valence-electron chi connectivity index (χ2n) is 4.75. The predicted octanol–water partition coefficient (Wildman–Crippen LogP) is 4.26. The minimum atomic E-state index is -1.34. The average Bonchev–Trinajstić information content (AvgIpc) is 2.34. The maximum atomic E-state index is 12.4. The van der Waals surface area contributed by atoms with Gasteiger partial charge in [0.05, 0.1) is 0 Å². The molecule has 0 amide bonds. The van der Waals surface area contributed by atoms with E-state index in [9.17, 15) is 4.57 Å². The van der Waals surface area contributed by atoms with Crippen molar-refractivity contribution in [3.8, 4) is 0 Å². The van der Waals surface area contributed by atoms with Crippen LogP contribution in [-0.4, -0.2) is 0 Å². The van der Waals surface area contributed by atoms with Crippen LogP contribution in [0.3, 0.4) is 0 Å². The third-order valence-electron chi connectivity index (χ3n) is 3.19. The molecule has 0 aliphatic heterocycles. The van der Waals surface area contributed by atoms with Crippen molar-refractivity contribution in [2.75, 3.05) is 0 Å².